The highest BCUT2D eigenvalue weighted by molar-refractivity contribution is 9.10. The molecule has 0 aliphatic heterocycles. The van der Waals surface area contributed by atoms with E-state index >= 15 is 0 Å². The number of thiocarbonyl (C=S) groups is 1. The van der Waals surface area contributed by atoms with Gasteiger partial charge in [-0.2, -0.15) is 0 Å². The van der Waals surface area contributed by atoms with Gasteiger partial charge < -0.3 is 5.32 Å². The molecular formula is C14H16BrN3OS. The van der Waals surface area contributed by atoms with Gasteiger partial charge in [-0.05, 0) is 42.8 Å². The summed E-state index contributed by atoms with van der Waals surface area (Å²) in [4.78, 5) is 12.5. The minimum Gasteiger partial charge on any atom is -0.364 e. The number of carbonyl (C=O) groups is 1. The van der Waals surface area contributed by atoms with Gasteiger partial charge >= 0.3 is 0 Å². The van der Waals surface area contributed by atoms with Crippen LogP contribution in [0.4, 0.5) is 0 Å². The summed E-state index contributed by atoms with van der Waals surface area (Å²) in [7, 11) is 1.69. The molecule has 0 radical (unpaired) electrons. The van der Waals surface area contributed by atoms with Crippen molar-refractivity contribution in [2.24, 2.45) is 0 Å². The van der Waals surface area contributed by atoms with E-state index in [1.807, 2.05) is 24.3 Å². The first-order chi connectivity index (χ1) is 9.48. The van der Waals surface area contributed by atoms with Crippen LogP contribution in [0.3, 0.4) is 0 Å². The molecule has 0 spiro atoms. The summed E-state index contributed by atoms with van der Waals surface area (Å²) >= 11 is 8.39. The maximum Gasteiger partial charge on any atom is 0.249 e. The van der Waals surface area contributed by atoms with Gasteiger partial charge in [0.1, 0.15) is 0 Å². The van der Waals surface area contributed by atoms with E-state index in [-0.39, 0.29) is 5.91 Å². The summed E-state index contributed by atoms with van der Waals surface area (Å²) < 4.78 is 0.957. The van der Waals surface area contributed by atoms with Crippen LogP contribution in [-0.4, -0.2) is 18.1 Å². The smallest absolute Gasteiger partial charge is 0.249 e. The van der Waals surface area contributed by atoms with Gasteiger partial charge in [0, 0.05) is 11.5 Å². The molecule has 0 heterocycles. The molecule has 1 saturated carbocycles. The molecule has 6 heteroatoms. The number of rotatable bonds is 2. The first-order valence-corrected chi connectivity index (χ1v) is 7.39. The van der Waals surface area contributed by atoms with Gasteiger partial charge in [0.05, 0.1) is 5.41 Å². The van der Waals surface area contributed by atoms with Crippen molar-refractivity contribution in [3.8, 4) is 0 Å². The quantitative estimate of drug-likeness (QED) is 0.433. The highest BCUT2D eigenvalue weighted by Gasteiger charge is 2.48. The van der Waals surface area contributed by atoms with E-state index in [0.29, 0.717) is 18.0 Å². The Kier molecular flexibility index (Phi) is 4.45. The Morgan fingerprint density at radius 1 is 1.40 bits per heavy atom. The second-order valence-corrected chi connectivity index (χ2v) is 6.18. The Morgan fingerprint density at radius 3 is 2.65 bits per heavy atom. The van der Waals surface area contributed by atoms with E-state index in [1.54, 1.807) is 7.05 Å². The molecule has 0 aromatic heterocycles. The Bertz CT molecular complexity index is 565. The number of hydrogen-bond acceptors (Lipinski definition) is 2. The Balaban J connectivity index is 2.20. The van der Waals surface area contributed by atoms with Crippen LogP contribution < -0.4 is 16.2 Å². The maximum absolute atomic E-state index is 12.5. The number of allylic oxidation sites excluding steroid dienone is 1. The van der Waals surface area contributed by atoms with Gasteiger partial charge in [-0.1, -0.05) is 40.2 Å². The summed E-state index contributed by atoms with van der Waals surface area (Å²) in [5, 5.41) is 3.12. The van der Waals surface area contributed by atoms with Crippen molar-refractivity contribution in [1.82, 2.24) is 16.2 Å². The third kappa shape index (κ3) is 2.86. The zero-order valence-electron chi connectivity index (χ0n) is 11.1. The normalized spacial score (nSPS) is 16.0. The molecule has 1 aliphatic carbocycles. The van der Waals surface area contributed by atoms with Crippen molar-refractivity contribution >= 4 is 39.2 Å². The lowest BCUT2D eigenvalue weighted by Crippen LogP contribution is -2.56. The SMILES string of the molecule is C=C1CC(C(=O)NNC(=S)NC)(c2cccc(Br)c2)C1. The van der Waals surface area contributed by atoms with Crippen LogP contribution >= 0.6 is 28.1 Å². The second kappa shape index (κ2) is 5.93. The van der Waals surface area contributed by atoms with Crippen molar-refractivity contribution < 1.29 is 4.79 Å². The summed E-state index contributed by atoms with van der Waals surface area (Å²) in [6.45, 7) is 3.95. The van der Waals surface area contributed by atoms with E-state index in [2.05, 4.69) is 38.7 Å². The average molecular weight is 354 g/mol. The number of benzene rings is 1. The molecular weight excluding hydrogens is 338 g/mol. The third-order valence-corrected chi connectivity index (χ3v) is 4.23. The molecule has 1 aliphatic rings. The minimum absolute atomic E-state index is 0.0967. The third-order valence-electron chi connectivity index (χ3n) is 3.43. The second-order valence-electron chi connectivity index (χ2n) is 4.85. The molecule has 3 N–H and O–H groups in total. The molecule has 1 aromatic rings. The van der Waals surface area contributed by atoms with Gasteiger partial charge in [0.2, 0.25) is 5.91 Å². The van der Waals surface area contributed by atoms with Crippen molar-refractivity contribution in [2.75, 3.05) is 7.05 Å². The topological polar surface area (TPSA) is 53.2 Å². The van der Waals surface area contributed by atoms with E-state index in [1.165, 1.54) is 0 Å². The monoisotopic (exact) mass is 353 g/mol. The average Bonchev–Trinajstić information content (AvgIpc) is 2.40. The van der Waals surface area contributed by atoms with E-state index in [9.17, 15) is 4.79 Å². The first kappa shape index (κ1) is 15.0. The first-order valence-electron chi connectivity index (χ1n) is 6.19. The molecule has 1 amide bonds. The van der Waals surface area contributed by atoms with Crippen LogP contribution in [-0.2, 0) is 10.2 Å². The lowest BCUT2D eigenvalue weighted by Gasteiger charge is -2.42. The van der Waals surface area contributed by atoms with Gasteiger partial charge in [-0.15, -0.1) is 0 Å². The van der Waals surface area contributed by atoms with Crippen molar-refractivity contribution in [2.45, 2.75) is 18.3 Å². The molecule has 0 unspecified atom stereocenters. The molecule has 0 saturated heterocycles. The maximum atomic E-state index is 12.5. The minimum atomic E-state index is -0.558. The zero-order chi connectivity index (χ0) is 14.8. The van der Waals surface area contributed by atoms with E-state index in [0.717, 1.165) is 15.6 Å². The van der Waals surface area contributed by atoms with Crippen LogP contribution in [0.1, 0.15) is 18.4 Å². The van der Waals surface area contributed by atoms with Crippen LogP contribution in [0.5, 0.6) is 0 Å². The fourth-order valence-electron chi connectivity index (χ4n) is 2.38. The predicted molar refractivity (Wildman–Crippen MR) is 87.1 cm³/mol. The Morgan fingerprint density at radius 2 is 2.10 bits per heavy atom. The Labute approximate surface area is 132 Å². The summed E-state index contributed by atoms with van der Waals surface area (Å²) in [6.07, 6.45) is 1.31. The van der Waals surface area contributed by atoms with E-state index in [4.69, 9.17) is 12.2 Å². The fourth-order valence-corrected chi connectivity index (χ4v) is 2.83. The van der Waals surface area contributed by atoms with Gasteiger partial charge in [0.15, 0.2) is 5.11 Å². The van der Waals surface area contributed by atoms with Crippen LogP contribution in [0, 0.1) is 0 Å². The number of hydrazine groups is 1. The van der Waals surface area contributed by atoms with Gasteiger partial charge in [-0.25, -0.2) is 0 Å². The van der Waals surface area contributed by atoms with Crippen molar-refractivity contribution in [1.29, 1.82) is 0 Å². The molecule has 1 fully saturated rings. The lowest BCUT2D eigenvalue weighted by molar-refractivity contribution is -0.129. The van der Waals surface area contributed by atoms with Crippen LogP contribution in [0.15, 0.2) is 40.9 Å². The summed E-state index contributed by atoms with van der Waals surface area (Å²) in [5.41, 5.74) is 6.85. The highest BCUT2D eigenvalue weighted by Crippen LogP contribution is 2.47. The molecule has 1 aromatic carbocycles. The van der Waals surface area contributed by atoms with Crippen molar-refractivity contribution in [3.63, 3.8) is 0 Å². The summed E-state index contributed by atoms with van der Waals surface area (Å²) in [5.74, 6) is -0.0967. The fraction of sp³-hybridized carbons (Fsp3) is 0.286. The molecule has 106 valence electrons. The lowest BCUT2D eigenvalue weighted by atomic mass is 9.61. The largest absolute Gasteiger partial charge is 0.364 e. The van der Waals surface area contributed by atoms with Gasteiger partial charge in [0.25, 0.3) is 0 Å². The number of nitrogens with one attached hydrogen (secondary N) is 3. The van der Waals surface area contributed by atoms with Crippen molar-refractivity contribution in [3.05, 3.63) is 46.5 Å². The number of amides is 1. The van der Waals surface area contributed by atoms with Gasteiger partial charge in [-0.3, -0.25) is 15.6 Å². The highest BCUT2D eigenvalue weighted by atomic mass is 79.9. The Hall–Kier alpha value is -1.40. The number of hydrogen-bond donors (Lipinski definition) is 3. The molecule has 2 rings (SSSR count). The molecule has 0 bridgehead atoms. The van der Waals surface area contributed by atoms with E-state index < -0.39 is 5.41 Å². The van der Waals surface area contributed by atoms with Crippen LogP contribution in [0.25, 0.3) is 0 Å². The predicted octanol–water partition coefficient (Wildman–Crippen LogP) is 2.16. The molecule has 20 heavy (non-hydrogen) atoms. The number of carbonyl (C=O) groups excluding carboxylic acids is 1. The zero-order valence-corrected chi connectivity index (χ0v) is 13.5. The molecule has 4 nitrogen and oxygen atoms in total. The standard InChI is InChI=1S/C14H16BrN3OS/c1-9-7-14(8-9,10-4-3-5-11(15)6-10)12(19)17-18-13(20)16-2/h3-6H,1,7-8H2,2H3,(H,17,19)(H2,16,18,20). The molecule has 0 atom stereocenters. The van der Waals surface area contributed by atoms with Crippen LogP contribution in [0.2, 0.25) is 0 Å². The summed E-state index contributed by atoms with van der Waals surface area (Å²) in [6, 6.07) is 7.81. The number of halogens is 1.